The number of carbonyl (C=O) groups excluding carboxylic acids is 1. The second kappa shape index (κ2) is 5.44. The molecule has 0 amide bonds. The first-order valence-electron chi connectivity index (χ1n) is 6.59. The van der Waals surface area contributed by atoms with Gasteiger partial charge in [0.1, 0.15) is 5.78 Å². The fourth-order valence-electron chi connectivity index (χ4n) is 2.51. The molecule has 2 nitrogen and oxygen atoms in total. The minimum atomic E-state index is 0.286. The first kappa shape index (κ1) is 12.3. The van der Waals surface area contributed by atoms with Crippen LogP contribution in [0.4, 0.5) is 0 Å². The summed E-state index contributed by atoms with van der Waals surface area (Å²) in [6.45, 7) is 4.29. The molecule has 0 unspecified atom stereocenters. The standard InChI is InChI=1S/C15H21NO/c1-11-3-6-13(7-4-11)15(17)9-14-8-5-12(2)10-16-14/h5,8,10-11,13H,3-4,6-7,9H2,1-2H3. The van der Waals surface area contributed by atoms with E-state index < -0.39 is 0 Å². The molecule has 2 heteroatoms. The third kappa shape index (κ3) is 3.39. The van der Waals surface area contributed by atoms with Crippen molar-refractivity contribution < 1.29 is 4.79 Å². The van der Waals surface area contributed by atoms with Crippen LogP contribution in [-0.4, -0.2) is 10.8 Å². The van der Waals surface area contributed by atoms with Gasteiger partial charge in [0.15, 0.2) is 0 Å². The molecule has 92 valence electrons. The Balaban J connectivity index is 1.90. The van der Waals surface area contributed by atoms with E-state index in [1.807, 2.05) is 25.3 Å². The predicted octanol–water partition coefficient (Wildman–Crippen LogP) is 3.33. The van der Waals surface area contributed by atoms with Crippen molar-refractivity contribution in [2.75, 3.05) is 0 Å². The summed E-state index contributed by atoms with van der Waals surface area (Å²) in [7, 11) is 0. The second-order valence-electron chi connectivity index (χ2n) is 5.43. The van der Waals surface area contributed by atoms with Crippen molar-refractivity contribution >= 4 is 5.78 Å². The number of aryl methyl sites for hydroxylation is 1. The first-order valence-corrected chi connectivity index (χ1v) is 6.59. The van der Waals surface area contributed by atoms with E-state index in [0.717, 1.165) is 30.0 Å². The van der Waals surface area contributed by atoms with Crippen molar-refractivity contribution in [3.05, 3.63) is 29.6 Å². The maximum atomic E-state index is 12.1. The zero-order valence-electron chi connectivity index (χ0n) is 10.8. The van der Waals surface area contributed by atoms with Crippen LogP contribution in [0, 0.1) is 18.8 Å². The molecule has 1 aromatic heterocycles. The molecule has 1 saturated carbocycles. The number of hydrogen-bond donors (Lipinski definition) is 0. The summed E-state index contributed by atoms with van der Waals surface area (Å²) in [4.78, 5) is 16.4. The van der Waals surface area contributed by atoms with E-state index in [4.69, 9.17) is 0 Å². The molecule has 0 aliphatic heterocycles. The Morgan fingerprint density at radius 1 is 1.29 bits per heavy atom. The van der Waals surface area contributed by atoms with E-state index in [0.29, 0.717) is 12.2 Å². The van der Waals surface area contributed by atoms with Gasteiger partial charge in [0.05, 0.1) is 0 Å². The summed E-state index contributed by atoms with van der Waals surface area (Å²) in [6.07, 6.45) is 6.91. The van der Waals surface area contributed by atoms with Crippen molar-refractivity contribution in [1.82, 2.24) is 4.98 Å². The Bertz CT molecular complexity index is 374. The molecule has 1 heterocycles. The lowest BCUT2D eigenvalue weighted by Gasteiger charge is -2.24. The molecule has 17 heavy (non-hydrogen) atoms. The van der Waals surface area contributed by atoms with Crippen LogP contribution < -0.4 is 0 Å². The van der Waals surface area contributed by atoms with Crippen LogP contribution in [0.5, 0.6) is 0 Å². The number of rotatable bonds is 3. The molecule has 1 fully saturated rings. The SMILES string of the molecule is Cc1ccc(CC(=O)C2CCC(C)CC2)nc1. The molecule has 0 N–H and O–H groups in total. The normalized spacial score (nSPS) is 24.6. The van der Waals surface area contributed by atoms with Crippen LogP contribution in [0.25, 0.3) is 0 Å². The quantitative estimate of drug-likeness (QED) is 0.798. The third-order valence-electron chi connectivity index (χ3n) is 3.80. The summed E-state index contributed by atoms with van der Waals surface area (Å²) in [5.74, 6) is 1.47. The number of carbonyl (C=O) groups is 1. The molecule has 1 aliphatic carbocycles. The maximum Gasteiger partial charge on any atom is 0.141 e. The van der Waals surface area contributed by atoms with E-state index in [2.05, 4.69) is 11.9 Å². The summed E-state index contributed by atoms with van der Waals surface area (Å²) < 4.78 is 0. The monoisotopic (exact) mass is 231 g/mol. The number of Topliss-reactive ketones (excluding diaryl/α,β-unsaturated/α-hetero) is 1. The minimum Gasteiger partial charge on any atom is -0.299 e. The average molecular weight is 231 g/mol. The summed E-state index contributed by atoms with van der Waals surface area (Å²) in [6, 6.07) is 4.00. The zero-order chi connectivity index (χ0) is 12.3. The summed E-state index contributed by atoms with van der Waals surface area (Å²) in [5, 5.41) is 0. The molecule has 1 aliphatic rings. The van der Waals surface area contributed by atoms with Crippen LogP contribution in [0.1, 0.15) is 43.9 Å². The van der Waals surface area contributed by atoms with Crippen molar-refractivity contribution in [1.29, 1.82) is 0 Å². The van der Waals surface area contributed by atoms with Crippen molar-refractivity contribution in [3.63, 3.8) is 0 Å². The minimum absolute atomic E-state index is 0.286. The maximum absolute atomic E-state index is 12.1. The van der Waals surface area contributed by atoms with Gasteiger partial charge in [0.25, 0.3) is 0 Å². The van der Waals surface area contributed by atoms with Gasteiger partial charge in [-0.3, -0.25) is 9.78 Å². The van der Waals surface area contributed by atoms with Crippen molar-refractivity contribution in [2.24, 2.45) is 11.8 Å². The Hall–Kier alpha value is -1.18. The lowest BCUT2D eigenvalue weighted by molar-refractivity contribution is -0.123. The molecular formula is C15H21NO. The number of aromatic nitrogens is 1. The topological polar surface area (TPSA) is 30.0 Å². The highest BCUT2D eigenvalue weighted by Crippen LogP contribution is 2.29. The van der Waals surface area contributed by atoms with E-state index in [-0.39, 0.29) is 5.92 Å². The van der Waals surface area contributed by atoms with Gasteiger partial charge in [0, 0.05) is 24.2 Å². The van der Waals surface area contributed by atoms with Gasteiger partial charge in [-0.25, -0.2) is 0 Å². The Morgan fingerprint density at radius 3 is 2.59 bits per heavy atom. The molecule has 0 atom stereocenters. The van der Waals surface area contributed by atoms with Gasteiger partial charge in [-0.15, -0.1) is 0 Å². The zero-order valence-corrected chi connectivity index (χ0v) is 10.8. The molecule has 0 aromatic carbocycles. The lowest BCUT2D eigenvalue weighted by atomic mass is 9.80. The predicted molar refractivity (Wildman–Crippen MR) is 68.8 cm³/mol. The number of pyridine rings is 1. The van der Waals surface area contributed by atoms with Crippen LogP contribution in [0.2, 0.25) is 0 Å². The summed E-state index contributed by atoms with van der Waals surface area (Å²) >= 11 is 0. The fraction of sp³-hybridized carbons (Fsp3) is 0.600. The second-order valence-corrected chi connectivity index (χ2v) is 5.43. The van der Waals surface area contributed by atoms with Gasteiger partial charge in [-0.1, -0.05) is 25.8 Å². The Morgan fingerprint density at radius 2 is 2.00 bits per heavy atom. The van der Waals surface area contributed by atoms with Gasteiger partial charge >= 0.3 is 0 Å². The highest BCUT2D eigenvalue weighted by molar-refractivity contribution is 5.82. The largest absolute Gasteiger partial charge is 0.299 e. The number of hydrogen-bond acceptors (Lipinski definition) is 2. The van der Waals surface area contributed by atoms with Gasteiger partial charge in [-0.05, 0) is 37.3 Å². The molecule has 1 aromatic rings. The fourth-order valence-corrected chi connectivity index (χ4v) is 2.51. The highest BCUT2D eigenvalue weighted by Gasteiger charge is 2.24. The smallest absolute Gasteiger partial charge is 0.141 e. The van der Waals surface area contributed by atoms with Crippen LogP contribution in [-0.2, 0) is 11.2 Å². The molecule has 0 bridgehead atoms. The molecule has 0 saturated heterocycles. The van der Waals surface area contributed by atoms with Crippen LogP contribution in [0.3, 0.4) is 0 Å². The molecule has 0 spiro atoms. The summed E-state index contributed by atoms with van der Waals surface area (Å²) in [5.41, 5.74) is 2.06. The van der Waals surface area contributed by atoms with Gasteiger partial charge < -0.3 is 0 Å². The van der Waals surface area contributed by atoms with E-state index in [1.54, 1.807) is 0 Å². The Labute approximate surface area is 103 Å². The van der Waals surface area contributed by atoms with Gasteiger partial charge in [0.2, 0.25) is 0 Å². The number of nitrogens with zero attached hydrogens (tertiary/aromatic N) is 1. The first-order chi connectivity index (χ1) is 8.15. The molecular weight excluding hydrogens is 210 g/mol. The third-order valence-corrected chi connectivity index (χ3v) is 3.80. The van der Waals surface area contributed by atoms with Crippen LogP contribution in [0.15, 0.2) is 18.3 Å². The molecule has 0 radical (unpaired) electrons. The van der Waals surface area contributed by atoms with E-state index >= 15 is 0 Å². The van der Waals surface area contributed by atoms with Crippen molar-refractivity contribution in [2.45, 2.75) is 46.0 Å². The Kier molecular flexibility index (Phi) is 3.93. The average Bonchev–Trinajstić information content (AvgIpc) is 2.33. The van der Waals surface area contributed by atoms with Crippen LogP contribution >= 0.6 is 0 Å². The number of ketones is 1. The highest BCUT2D eigenvalue weighted by atomic mass is 16.1. The van der Waals surface area contributed by atoms with E-state index in [1.165, 1.54) is 12.8 Å². The van der Waals surface area contributed by atoms with E-state index in [9.17, 15) is 4.79 Å². The lowest BCUT2D eigenvalue weighted by Crippen LogP contribution is -2.22. The van der Waals surface area contributed by atoms with Crippen molar-refractivity contribution in [3.8, 4) is 0 Å². The van der Waals surface area contributed by atoms with Gasteiger partial charge in [-0.2, -0.15) is 0 Å². The molecule has 2 rings (SSSR count).